The van der Waals surface area contributed by atoms with Crippen molar-refractivity contribution in [2.45, 2.75) is 6.04 Å². The number of likely N-dealkylation sites (N-methyl/N-ethyl adjacent to an activating group) is 1. The molecule has 0 aromatic heterocycles. The summed E-state index contributed by atoms with van der Waals surface area (Å²) in [5.74, 6) is 0. The highest BCUT2D eigenvalue weighted by Crippen LogP contribution is 2.14. The summed E-state index contributed by atoms with van der Waals surface area (Å²) in [6.07, 6.45) is 0. The van der Waals surface area contributed by atoms with E-state index in [1.54, 1.807) is 7.11 Å². The Morgan fingerprint density at radius 1 is 1.70 bits per heavy atom. The third kappa shape index (κ3) is 2.25. The van der Waals surface area contributed by atoms with Crippen molar-refractivity contribution in [3.63, 3.8) is 0 Å². The van der Waals surface area contributed by atoms with Crippen molar-refractivity contribution >= 4 is 0 Å². The highest BCUT2D eigenvalue weighted by molar-refractivity contribution is 4.89. The van der Waals surface area contributed by atoms with Crippen LogP contribution >= 0.6 is 0 Å². The van der Waals surface area contributed by atoms with E-state index in [0.29, 0.717) is 0 Å². The third-order valence-corrected chi connectivity index (χ3v) is 1.85. The normalized spacial score (nSPS) is 30.6. The molecule has 1 aliphatic rings. The van der Waals surface area contributed by atoms with Crippen molar-refractivity contribution in [1.29, 1.82) is 0 Å². The maximum Gasteiger partial charge on any atom is 0.0589 e. The van der Waals surface area contributed by atoms with Gasteiger partial charge in [-0.05, 0) is 7.05 Å². The fraction of sp³-hybridized carbons (Fsp3) is 1.00. The summed E-state index contributed by atoms with van der Waals surface area (Å²) in [5.41, 5.74) is 0. The molecule has 10 heavy (non-hydrogen) atoms. The molecular formula is C7H16N2O. The number of ether oxygens (including phenoxy) is 1. The van der Waals surface area contributed by atoms with Crippen LogP contribution in [0.3, 0.4) is 0 Å². The summed E-state index contributed by atoms with van der Waals surface area (Å²) in [7, 11) is 3.74. The summed E-state index contributed by atoms with van der Waals surface area (Å²) >= 11 is 0. The molecule has 0 aliphatic carbocycles. The standard InChI is InChI=1S/C7H16N2O/c1-8-5-7-6-9(7)3-4-10-2/h7-8H,3-6H2,1-2H3. The van der Waals surface area contributed by atoms with Gasteiger partial charge in [-0.2, -0.15) is 0 Å². The Hall–Kier alpha value is -0.120. The van der Waals surface area contributed by atoms with Crippen LogP contribution in [0, 0.1) is 0 Å². The monoisotopic (exact) mass is 144 g/mol. The molecule has 1 N–H and O–H groups in total. The van der Waals surface area contributed by atoms with Crippen LogP contribution in [0.15, 0.2) is 0 Å². The number of hydrogen-bond acceptors (Lipinski definition) is 3. The molecule has 3 nitrogen and oxygen atoms in total. The Balaban J connectivity index is 1.92. The van der Waals surface area contributed by atoms with Gasteiger partial charge in [-0.15, -0.1) is 0 Å². The second-order valence-electron chi connectivity index (χ2n) is 2.70. The van der Waals surface area contributed by atoms with Gasteiger partial charge >= 0.3 is 0 Å². The quantitative estimate of drug-likeness (QED) is 0.528. The lowest BCUT2D eigenvalue weighted by atomic mass is 10.5. The maximum atomic E-state index is 4.96. The number of hydrogen-bond donors (Lipinski definition) is 1. The summed E-state index contributed by atoms with van der Waals surface area (Å²) in [6, 6.07) is 0.778. The lowest BCUT2D eigenvalue weighted by molar-refractivity contribution is 0.183. The highest BCUT2D eigenvalue weighted by Gasteiger charge is 2.31. The van der Waals surface area contributed by atoms with E-state index in [1.807, 2.05) is 7.05 Å². The van der Waals surface area contributed by atoms with Gasteiger partial charge in [0.05, 0.1) is 6.61 Å². The zero-order valence-electron chi connectivity index (χ0n) is 6.76. The van der Waals surface area contributed by atoms with Gasteiger partial charge in [0.2, 0.25) is 0 Å². The molecule has 1 rings (SSSR count). The first-order chi connectivity index (χ1) is 4.88. The lowest BCUT2D eigenvalue weighted by Gasteiger charge is -2.00. The largest absolute Gasteiger partial charge is 0.383 e. The molecule has 0 spiro atoms. The molecule has 0 saturated carbocycles. The number of methoxy groups -OCH3 is 1. The molecule has 3 heteroatoms. The SMILES string of the molecule is CNCC1CN1CCOC. The predicted molar refractivity (Wildman–Crippen MR) is 41.2 cm³/mol. The summed E-state index contributed by atoms with van der Waals surface area (Å²) in [5, 5.41) is 3.15. The van der Waals surface area contributed by atoms with Crippen molar-refractivity contribution in [3.05, 3.63) is 0 Å². The van der Waals surface area contributed by atoms with Crippen LogP contribution in [0.5, 0.6) is 0 Å². The second-order valence-corrected chi connectivity index (χ2v) is 2.70. The van der Waals surface area contributed by atoms with Crippen LogP contribution in [0.25, 0.3) is 0 Å². The summed E-state index contributed by atoms with van der Waals surface area (Å²) in [4.78, 5) is 2.40. The molecule has 0 bridgehead atoms. The Morgan fingerprint density at radius 2 is 2.50 bits per heavy atom. The van der Waals surface area contributed by atoms with Crippen molar-refractivity contribution in [1.82, 2.24) is 10.2 Å². The van der Waals surface area contributed by atoms with Crippen molar-refractivity contribution in [2.75, 3.05) is 40.4 Å². The van der Waals surface area contributed by atoms with Gasteiger partial charge in [-0.25, -0.2) is 0 Å². The molecule has 1 saturated heterocycles. The Labute approximate surface area is 62.3 Å². The van der Waals surface area contributed by atoms with E-state index in [4.69, 9.17) is 4.74 Å². The fourth-order valence-corrected chi connectivity index (χ4v) is 1.14. The first-order valence-corrected chi connectivity index (χ1v) is 3.76. The molecule has 0 aromatic rings. The minimum atomic E-state index is 0.778. The van der Waals surface area contributed by atoms with Gasteiger partial charge in [0.25, 0.3) is 0 Å². The first-order valence-electron chi connectivity index (χ1n) is 3.76. The second kappa shape index (κ2) is 3.91. The van der Waals surface area contributed by atoms with Crippen LogP contribution in [0.1, 0.15) is 0 Å². The first kappa shape index (κ1) is 7.98. The lowest BCUT2D eigenvalue weighted by Crippen LogP contribution is -2.19. The Bertz CT molecular complexity index is 97.6. The van der Waals surface area contributed by atoms with Crippen LogP contribution in [-0.4, -0.2) is 51.3 Å². The van der Waals surface area contributed by atoms with Crippen LogP contribution in [0.4, 0.5) is 0 Å². The Morgan fingerprint density at radius 3 is 3.10 bits per heavy atom. The number of nitrogens with zero attached hydrogens (tertiary/aromatic N) is 1. The zero-order valence-corrected chi connectivity index (χ0v) is 6.76. The highest BCUT2D eigenvalue weighted by atomic mass is 16.5. The van der Waals surface area contributed by atoms with E-state index in [0.717, 1.165) is 25.7 Å². The maximum absolute atomic E-state index is 4.96. The summed E-state index contributed by atoms with van der Waals surface area (Å²) < 4.78 is 4.96. The van der Waals surface area contributed by atoms with Gasteiger partial charge in [0.1, 0.15) is 0 Å². The van der Waals surface area contributed by atoms with Crippen LogP contribution < -0.4 is 5.32 Å². The molecule has 0 amide bonds. The predicted octanol–water partition coefficient (Wildman–Crippen LogP) is -0.464. The molecule has 1 fully saturated rings. The van der Waals surface area contributed by atoms with Gasteiger partial charge in [0, 0.05) is 32.8 Å². The molecule has 2 atom stereocenters. The van der Waals surface area contributed by atoms with Gasteiger partial charge < -0.3 is 10.1 Å². The minimum absolute atomic E-state index is 0.778. The van der Waals surface area contributed by atoms with Gasteiger partial charge in [-0.3, -0.25) is 4.90 Å². The van der Waals surface area contributed by atoms with E-state index in [-0.39, 0.29) is 0 Å². The number of nitrogens with one attached hydrogen (secondary N) is 1. The molecule has 1 aliphatic heterocycles. The van der Waals surface area contributed by atoms with E-state index in [9.17, 15) is 0 Å². The molecule has 1 heterocycles. The van der Waals surface area contributed by atoms with E-state index in [1.165, 1.54) is 6.54 Å². The number of rotatable bonds is 5. The van der Waals surface area contributed by atoms with Crippen LogP contribution in [0.2, 0.25) is 0 Å². The van der Waals surface area contributed by atoms with Crippen molar-refractivity contribution in [2.24, 2.45) is 0 Å². The molecule has 0 radical (unpaired) electrons. The average molecular weight is 144 g/mol. The van der Waals surface area contributed by atoms with Gasteiger partial charge in [0.15, 0.2) is 0 Å². The average Bonchev–Trinajstić information content (AvgIpc) is 2.65. The fourth-order valence-electron chi connectivity index (χ4n) is 1.14. The molecular weight excluding hydrogens is 128 g/mol. The zero-order chi connectivity index (χ0) is 7.40. The van der Waals surface area contributed by atoms with Gasteiger partial charge in [-0.1, -0.05) is 0 Å². The van der Waals surface area contributed by atoms with E-state index in [2.05, 4.69) is 10.2 Å². The van der Waals surface area contributed by atoms with E-state index >= 15 is 0 Å². The van der Waals surface area contributed by atoms with Crippen molar-refractivity contribution < 1.29 is 4.74 Å². The molecule has 60 valence electrons. The van der Waals surface area contributed by atoms with Crippen LogP contribution in [-0.2, 0) is 4.74 Å². The van der Waals surface area contributed by atoms with E-state index < -0.39 is 0 Å². The summed E-state index contributed by atoms with van der Waals surface area (Å²) in [6.45, 7) is 4.30. The Kier molecular flexibility index (Phi) is 3.12. The molecule has 2 unspecified atom stereocenters. The minimum Gasteiger partial charge on any atom is -0.383 e. The smallest absolute Gasteiger partial charge is 0.0589 e. The topological polar surface area (TPSA) is 24.3 Å². The van der Waals surface area contributed by atoms with Crippen molar-refractivity contribution in [3.8, 4) is 0 Å². The molecule has 0 aromatic carbocycles. The third-order valence-electron chi connectivity index (χ3n) is 1.85.